The van der Waals surface area contributed by atoms with Crippen molar-refractivity contribution in [2.45, 2.75) is 62.7 Å². The van der Waals surface area contributed by atoms with E-state index in [9.17, 15) is 0 Å². The van der Waals surface area contributed by atoms with Gasteiger partial charge in [0.1, 0.15) is 0 Å². The third kappa shape index (κ3) is 2.22. The summed E-state index contributed by atoms with van der Waals surface area (Å²) in [5, 5.41) is 0. The molecule has 2 aliphatic heterocycles. The van der Waals surface area contributed by atoms with Crippen molar-refractivity contribution in [2.24, 2.45) is 0 Å². The minimum atomic E-state index is -0.0686. The van der Waals surface area contributed by atoms with Crippen LogP contribution < -0.4 is 0 Å². The summed E-state index contributed by atoms with van der Waals surface area (Å²) in [7, 11) is -0.137. The Morgan fingerprint density at radius 3 is 1.08 bits per heavy atom. The first-order valence-electron chi connectivity index (χ1n) is 5.97. The third-order valence-corrected chi connectivity index (χ3v) is 17.9. The van der Waals surface area contributed by atoms with Gasteiger partial charge in [0.2, 0.25) is 0 Å². The first-order chi connectivity index (χ1) is 5.97. The Labute approximate surface area is 79.8 Å². The summed E-state index contributed by atoms with van der Waals surface area (Å²) < 4.78 is 0. The average molecular weight is 198 g/mol. The molecule has 0 radical (unpaired) electrons. The number of rotatable bonds is 1. The Morgan fingerprint density at radius 1 is 0.417 bits per heavy atom. The molecule has 2 rings (SSSR count). The van der Waals surface area contributed by atoms with E-state index in [1.165, 1.54) is 0 Å². The van der Waals surface area contributed by atoms with Crippen molar-refractivity contribution < 1.29 is 0 Å². The van der Waals surface area contributed by atoms with Crippen molar-refractivity contribution in [1.29, 1.82) is 0 Å². The van der Waals surface area contributed by atoms with Crippen LogP contribution in [0.25, 0.3) is 0 Å². The van der Waals surface area contributed by atoms with Gasteiger partial charge in [-0.15, -0.1) is 0 Å². The van der Waals surface area contributed by atoms with Crippen LogP contribution in [0, 0.1) is 0 Å². The van der Waals surface area contributed by atoms with Gasteiger partial charge in [-0.3, -0.25) is 0 Å². The van der Waals surface area contributed by atoms with Gasteiger partial charge in [0.05, 0.1) is 0 Å². The van der Waals surface area contributed by atoms with Crippen LogP contribution >= 0.6 is 0 Å². The molecule has 0 aromatic heterocycles. The lowest BCUT2D eigenvalue weighted by Crippen LogP contribution is -2.37. The number of hydrogen-bond acceptors (Lipinski definition) is 0. The molecule has 2 aliphatic rings. The summed E-state index contributed by atoms with van der Waals surface area (Å²) in [5.41, 5.74) is 0. The zero-order valence-electron chi connectivity index (χ0n) is 8.23. The molecule has 0 atom stereocenters. The molecule has 0 N–H and O–H groups in total. The molecule has 0 nitrogen and oxygen atoms in total. The summed E-state index contributed by atoms with van der Waals surface area (Å²) in [6, 6.07) is 7.04. The molecule has 2 heteroatoms. The van der Waals surface area contributed by atoms with Crippen molar-refractivity contribution in [3.63, 3.8) is 0 Å². The molecule has 0 unspecified atom stereocenters. The highest BCUT2D eigenvalue weighted by molar-refractivity contribution is 7.22. The van der Waals surface area contributed by atoms with E-state index in [-0.39, 0.29) is 16.6 Å². The van der Waals surface area contributed by atoms with Gasteiger partial charge in [-0.25, -0.2) is 0 Å². The molecule has 0 aromatic carbocycles. The van der Waals surface area contributed by atoms with Crippen LogP contribution in [-0.4, -0.2) is 16.6 Å². The van der Waals surface area contributed by atoms with Crippen molar-refractivity contribution in [3.05, 3.63) is 0 Å². The Bertz CT molecular complexity index is 108. The summed E-state index contributed by atoms with van der Waals surface area (Å²) in [5.74, 6) is 0. The van der Waals surface area contributed by atoms with Gasteiger partial charge in [-0.1, -0.05) is 62.7 Å². The van der Waals surface area contributed by atoms with Gasteiger partial charge in [-0.05, 0) is 0 Å². The second kappa shape index (κ2) is 4.61. The van der Waals surface area contributed by atoms with E-state index in [2.05, 4.69) is 0 Å². The van der Waals surface area contributed by atoms with E-state index in [0.717, 1.165) is 0 Å². The Hall–Kier alpha value is 0.434. The van der Waals surface area contributed by atoms with E-state index >= 15 is 0 Å². The van der Waals surface area contributed by atoms with E-state index < -0.39 is 0 Å². The summed E-state index contributed by atoms with van der Waals surface area (Å²) in [6.07, 6.45) is 9.65. The molecule has 12 heavy (non-hydrogen) atoms. The Balaban J connectivity index is 1.80. The largest absolute Gasteiger partial charge is 0.0620 e. The molecule has 2 saturated heterocycles. The normalized spacial score (nSPS) is 29.0. The first kappa shape index (κ1) is 9.01. The van der Waals surface area contributed by atoms with Gasteiger partial charge in [0.15, 0.2) is 0 Å². The molecule has 0 saturated carbocycles. The monoisotopic (exact) mass is 198 g/mol. The van der Waals surface area contributed by atoms with E-state index in [1.807, 2.05) is 0 Å². The lowest BCUT2D eigenvalue weighted by molar-refractivity contribution is 0.714. The first-order valence-corrected chi connectivity index (χ1v) is 11.9. The van der Waals surface area contributed by atoms with Crippen LogP contribution in [0.1, 0.15) is 38.5 Å². The van der Waals surface area contributed by atoms with E-state index in [1.54, 1.807) is 62.7 Å². The summed E-state index contributed by atoms with van der Waals surface area (Å²) >= 11 is 0. The van der Waals surface area contributed by atoms with Gasteiger partial charge >= 0.3 is 0 Å². The van der Waals surface area contributed by atoms with Crippen molar-refractivity contribution in [2.75, 3.05) is 0 Å². The van der Waals surface area contributed by atoms with Gasteiger partial charge in [0, 0.05) is 16.6 Å². The van der Waals surface area contributed by atoms with Crippen molar-refractivity contribution >= 4 is 16.6 Å². The summed E-state index contributed by atoms with van der Waals surface area (Å²) in [6.45, 7) is 0. The van der Waals surface area contributed by atoms with Crippen LogP contribution in [0.15, 0.2) is 0 Å². The average Bonchev–Trinajstić information content (AvgIpc) is 2.21. The molecule has 0 amide bonds. The minimum absolute atomic E-state index is 0.0686. The molecule has 0 aliphatic carbocycles. The van der Waals surface area contributed by atoms with Crippen molar-refractivity contribution in [1.82, 2.24) is 0 Å². The standard InChI is InChI=1S/C10H22Si2/c1-3-7-11(8-4-1)12-9-5-2-6-10-12/h11-12H,1-10H2. The predicted octanol–water partition coefficient (Wildman–Crippen LogP) is 2.89. The quantitative estimate of drug-likeness (QED) is 0.568. The number of hydrogen-bond donors (Lipinski definition) is 0. The Kier molecular flexibility index (Phi) is 3.46. The molecule has 70 valence electrons. The van der Waals surface area contributed by atoms with Crippen LogP contribution in [-0.2, 0) is 0 Å². The summed E-state index contributed by atoms with van der Waals surface area (Å²) in [4.78, 5) is 0. The molecule has 2 fully saturated rings. The van der Waals surface area contributed by atoms with Crippen LogP contribution in [0.3, 0.4) is 0 Å². The highest BCUT2D eigenvalue weighted by atomic mass is 29.2. The molecular weight excluding hydrogens is 176 g/mol. The van der Waals surface area contributed by atoms with Crippen molar-refractivity contribution in [3.8, 4) is 0 Å². The lowest BCUT2D eigenvalue weighted by atomic mass is 10.3. The lowest BCUT2D eigenvalue weighted by Gasteiger charge is -2.30. The van der Waals surface area contributed by atoms with Gasteiger partial charge < -0.3 is 0 Å². The fraction of sp³-hybridized carbons (Fsp3) is 1.00. The Morgan fingerprint density at radius 2 is 0.750 bits per heavy atom. The SMILES string of the molecule is C1CC[SiH]([SiH]2CCCCC2)CC1. The molecule has 2 heterocycles. The zero-order valence-corrected chi connectivity index (χ0v) is 10.5. The molecule has 0 bridgehead atoms. The van der Waals surface area contributed by atoms with Crippen LogP contribution in [0.5, 0.6) is 0 Å². The fourth-order valence-electron chi connectivity index (χ4n) is 3.21. The van der Waals surface area contributed by atoms with E-state index in [4.69, 9.17) is 0 Å². The molecular formula is C10H22Si2. The van der Waals surface area contributed by atoms with Crippen LogP contribution in [0.4, 0.5) is 0 Å². The zero-order chi connectivity index (χ0) is 8.23. The van der Waals surface area contributed by atoms with Gasteiger partial charge in [-0.2, -0.15) is 0 Å². The topological polar surface area (TPSA) is 0 Å². The second-order valence-electron chi connectivity index (χ2n) is 4.80. The smallest absolute Gasteiger partial charge is 0.0280 e. The maximum absolute atomic E-state index is 1.76. The maximum Gasteiger partial charge on any atom is 0.0280 e. The second-order valence-corrected chi connectivity index (χ2v) is 15.8. The minimum Gasteiger partial charge on any atom is -0.0620 e. The van der Waals surface area contributed by atoms with Gasteiger partial charge in [0.25, 0.3) is 0 Å². The molecule has 0 aromatic rings. The third-order valence-electron chi connectivity index (χ3n) is 3.97. The fourth-order valence-corrected chi connectivity index (χ4v) is 17.4. The maximum atomic E-state index is 1.76. The highest BCUT2D eigenvalue weighted by Crippen LogP contribution is 2.28. The highest BCUT2D eigenvalue weighted by Gasteiger charge is 2.26. The van der Waals surface area contributed by atoms with Crippen LogP contribution in [0.2, 0.25) is 24.2 Å². The van der Waals surface area contributed by atoms with E-state index in [0.29, 0.717) is 0 Å². The molecule has 0 spiro atoms. The predicted molar refractivity (Wildman–Crippen MR) is 61.2 cm³/mol.